The highest BCUT2D eigenvalue weighted by Gasteiger charge is 2.23. The first-order valence-electron chi connectivity index (χ1n) is 8.08. The predicted molar refractivity (Wildman–Crippen MR) is 91.7 cm³/mol. The molecule has 2 aromatic rings. The molecule has 134 valence electrons. The molecule has 1 aromatic carbocycles. The van der Waals surface area contributed by atoms with Gasteiger partial charge in [0.15, 0.2) is 17.3 Å². The van der Waals surface area contributed by atoms with Gasteiger partial charge in [-0.15, -0.1) is 0 Å². The van der Waals surface area contributed by atoms with E-state index in [-0.39, 0.29) is 28.9 Å². The monoisotopic (exact) mass is 347 g/mol. The lowest BCUT2D eigenvalue weighted by Gasteiger charge is -2.22. The largest absolute Gasteiger partial charge is 0.502 e. The molecule has 0 radical (unpaired) electrons. The van der Waals surface area contributed by atoms with Gasteiger partial charge in [-0.3, -0.25) is 4.79 Å². The van der Waals surface area contributed by atoms with Crippen molar-refractivity contribution in [2.45, 2.75) is 18.8 Å². The van der Waals surface area contributed by atoms with E-state index in [0.717, 1.165) is 25.9 Å². The average molecular weight is 347 g/mol. The Morgan fingerprint density at radius 2 is 1.64 bits per heavy atom. The van der Waals surface area contributed by atoms with Gasteiger partial charge in [0, 0.05) is 17.5 Å². The molecular formula is C18H21NO6. The quantitative estimate of drug-likeness (QED) is 0.779. The van der Waals surface area contributed by atoms with Crippen LogP contribution >= 0.6 is 0 Å². The van der Waals surface area contributed by atoms with Crippen molar-refractivity contribution < 1.29 is 24.1 Å². The first-order valence-corrected chi connectivity index (χ1v) is 8.08. The Bertz CT molecular complexity index is 798. The van der Waals surface area contributed by atoms with Crippen LogP contribution in [0.2, 0.25) is 0 Å². The van der Waals surface area contributed by atoms with Crippen LogP contribution in [0.15, 0.2) is 27.4 Å². The molecule has 0 atom stereocenters. The minimum atomic E-state index is -0.499. The number of phenolic OH excluding ortho intramolecular Hbond substituents is 1. The third-order valence-electron chi connectivity index (χ3n) is 4.43. The van der Waals surface area contributed by atoms with Crippen LogP contribution in [0.5, 0.6) is 23.0 Å². The van der Waals surface area contributed by atoms with Gasteiger partial charge < -0.3 is 29.4 Å². The second-order valence-corrected chi connectivity index (χ2v) is 5.94. The summed E-state index contributed by atoms with van der Waals surface area (Å²) in [5, 5.41) is 23.5. The standard InChI is InChI=1S/C18H21NO6/c1-23-14-7-11(8-15(24-2)17(14)22)18-16(21)12(20)9-13(25-18)10-3-5-19-6-4-10/h7-10,19,21-22H,3-6H2,1-2H3. The third kappa shape index (κ3) is 3.28. The minimum Gasteiger partial charge on any atom is -0.502 e. The van der Waals surface area contributed by atoms with Crippen LogP contribution in [0.4, 0.5) is 0 Å². The number of benzene rings is 1. The van der Waals surface area contributed by atoms with Crippen LogP contribution in [-0.4, -0.2) is 37.5 Å². The molecule has 1 aliphatic heterocycles. The highest BCUT2D eigenvalue weighted by molar-refractivity contribution is 5.70. The smallest absolute Gasteiger partial charge is 0.227 e. The zero-order valence-corrected chi connectivity index (χ0v) is 14.2. The molecule has 1 aliphatic rings. The van der Waals surface area contributed by atoms with Crippen LogP contribution in [0, 0.1) is 0 Å². The van der Waals surface area contributed by atoms with Crippen molar-refractivity contribution in [3.8, 4) is 34.3 Å². The molecule has 2 heterocycles. The van der Waals surface area contributed by atoms with Crippen LogP contribution in [0.1, 0.15) is 24.5 Å². The molecule has 0 aliphatic carbocycles. The molecule has 0 unspecified atom stereocenters. The molecule has 0 saturated carbocycles. The van der Waals surface area contributed by atoms with Crippen molar-refractivity contribution in [1.82, 2.24) is 5.32 Å². The van der Waals surface area contributed by atoms with E-state index in [1.165, 1.54) is 32.4 Å². The van der Waals surface area contributed by atoms with Crippen molar-refractivity contribution in [2.75, 3.05) is 27.3 Å². The van der Waals surface area contributed by atoms with Crippen LogP contribution in [0.3, 0.4) is 0 Å². The van der Waals surface area contributed by atoms with Gasteiger partial charge >= 0.3 is 0 Å². The summed E-state index contributed by atoms with van der Waals surface area (Å²) in [6, 6.07) is 4.33. The molecule has 1 aromatic heterocycles. The fourth-order valence-electron chi connectivity index (χ4n) is 3.03. The fraction of sp³-hybridized carbons (Fsp3) is 0.389. The zero-order valence-electron chi connectivity index (χ0n) is 14.2. The number of hydrogen-bond donors (Lipinski definition) is 3. The van der Waals surface area contributed by atoms with Gasteiger partial charge in [0.25, 0.3) is 0 Å². The highest BCUT2D eigenvalue weighted by atomic mass is 16.5. The van der Waals surface area contributed by atoms with E-state index in [1.54, 1.807) is 0 Å². The van der Waals surface area contributed by atoms with Crippen molar-refractivity contribution >= 4 is 0 Å². The van der Waals surface area contributed by atoms with Gasteiger partial charge in [-0.05, 0) is 38.1 Å². The van der Waals surface area contributed by atoms with Gasteiger partial charge in [-0.1, -0.05) is 0 Å². The SMILES string of the molecule is COc1cc(-c2oc(C3CCNCC3)cc(=O)c2O)cc(OC)c1O. The van der Waals surface area contributed by atoms with Gasteiger partial charge in [-0.2, -0.15) is 0 Å². The Labute approximate surface area is 144 Å². The van der Waals surface area contributed by atoms with E-state index >= 15 is 0 Å². The third-order valence-corrected chi connectivity index (χ3v) is 4.43. The topological polar surface area (TPSA) is 101 Å². The summed E-state index contributed by atoms with van der Waals surface area (Å²) in [6.45, 7) is 1.71. The number of phenols is 1. The molecule has 0 amide bonds. The first-order chi connectivity index (χ1) is 12.0. The molecule has 1 saturated heterocycles. The Kier molecular flexibility index (Phi) is 4.85. The number of methoxy groups -OCH3 is 2. The maximum absolute atomic E-state index is 12.2. The van der Waals surface area contributed by atoms with Gasteiger partial charge in [-0.25, -0.2) is 0 Å². The second-order valence-electron chi connectivity index (χ2n) is 5.94. The second kappa shape index (κ2) is 7.06. The summed E-state index contributed by atoms with van der Waals surface area (Å²) < 4.78 is 16.1. The average Bonchev–Trinajstić information content (AvgIpc) is 2.65. The zero-order chi connectivity index (χ0) is 18.0. The molecule has 7 heteroatoms. The van der Waals surface area contributed by atoms with E-state index in [4.69, 9.17) is 13.9 Å². The summed E-state index contributed by atoms with van der Waals surface area (Å²) in [5.41, 5.74) is -0.113. The molecule has 3 rings (SSSR count). The maximum atomic E-state index is 12.2. The fourth-order valence-corrected chi connectivity index (χ4v) is 3.03. The molecule has 7 nitrogen and oxygen atoms in total. The highest BCUT2D eigenvalue weighted by Crippen LogP contribution is 2.42. The summed E-state index contributed by atoms with van der Waals surface area (Å²) in [5.74, 6) is 0.377. The Morgan fingerprint density at radius 3 is 2.20 bits per heavy atom. The van der Waals surface area contributed by atoms with E-state index in [9.17, 15) is 15.0 Å². The number of hydrogen-bond acceptors (Lipinski definition) is 7. The van der Waals surface area contributed by atoms with Crippen LogP contribution in [-0.2, 0) is 0 Å². The van der Waals surface area contributed by atoms with Crippen LogP contribution in [0.25, 0.3) is 11.3 Å². The molecular weight excluding hydrogens is 326 g/mol. The lowest BCUT2D eigenvalue weighted by molar-refractivity contribution is 0.339. The molecule has 0 spiro atoms. The van der Waals surface area contributed by atoms with Crippen molar-refractivity contribution in [3.63, 3.8) is 0 Å². The van der Waals surface area contributed by atoms with Crippen molar-refractivity contribution in [2.24, 2.45) is 0 Å². The number of aromatic hydroxyl groups is 2. The number of piperidine rings is 1. The molecule has 0 bridgehead atoms. The summed E-state index contributed by atoms with van der Waals surface area (Å²) in [7, 11) is 2.81. The van der Waals surface area contributed by atoms with E-state index < -0.39 is 11.2 Å². The molecule has 1 fully saturated rings. The van der Waals surface area contributed by atoms with Crippen LogP contribution < -0.4 is 20.2 Å². The lowest BCUT2D eigenvalue weighted by atomic mass is 9.95. The van der Waals surface area contributed by atoms with Gasteiger partial charge in [0.05, 0.1) is 14.2 Å². The summed E-state index contributed by atoms with van der Waals surface area (Å²) in [6.07, 6.45) is 1.71. The van der Waals surface area contributed by atoms with E-state index in [1.807, 2.05) is 0 Å². The van der Waals surface area contributed by atoms with E-state index in [2.05, 4.69) is 5.32 Å². The number of ether oxygens (including phenoxy) is 2. The lowest BCUT2D eigenvalue weighted by Crippen LogP contribution is -2.27. The maximum Gasteiger partial charge on any atom is 0.227 e. The number of rotatable bonds is 4. The summed E-state index contributed by atoms with van der Waals surface area (Å²) in [4.78, 5) is 12.2. The van der Waals surface area contributed by atoms with Crippen molar-refractivity contribution in [1.29, 1.82) is 0 Å². The normalized spacial score (nSPS) is 15.1. The minimum absolute atomic E-state index is 0.0395. The van der Waals surface area contributed by atoms with Gasteiger partial charge in [0.1, 0.15) is 5.76 Å². The predicted octanol–water partition coefficient (Wildman–Crippen LogP) is 2.20. The molecule has 3 N–H and O–H groups in total. The first kappa shape index (κ1) is 17.2. The Balaban J connectivity index is 2.13. The Hall–Kier alpha value is -2.67. The summed E-state index contributed by atoms with van der Waals surface area (Å²) >= 11 is 0. The molecule has 25 heavy (non-hydrogen) atoms. The van der Waals surface area contributed by atoms with Gasteiger partial charge in [0.2, 0.25) is 16.9 Å². The number of nitrogens with one attached hydrogen (secondary N) is 1. The van der Waals surface area contributed by atoms with E-state index in [0.29, 0.717) is 11.3 Å². The Morgan fingerprint density at radius 1 is 1.04 bits per heavy atom. The van der Waals surface area contributed by atoms with Crippen molar-refractivity contribution in [3.05, 3.63) is 34.2 Å².